The number of halogens is 2. The summed E-state index contributed by atoms with van der Waals surface area (Å²) in [7, 11) is 0. The number of amides is 1. The van der Waals surface area contributed by atoms with Crippen LogP contribution in [-0.2, 0) is 11.3 Å². The number of carbonyl (C=O) groups is 1. The molecule has 0 saturated carbocycles. The van der Waals surface area contributed by atoms with E-state index in [-0.39, 0.29) is 17.2 Å². The SMILES string of the molecule is Nc1nc(=O)n(-c2ccc(-n3cc(CNC(=O)C4=CCC(Cl)S4)nn3)cc2)cc1F. The van der Waals surface area contributed by atoms with Gasteiger partial charge in [-0.2, -0.15) is 4.98 Å². The van der Waals surface area contributed by atoms with Crippen molar-refractivity contribution in [2.45, 2.75) is 17.7 Å². The first-order valence-corrected chi connectivity index (χ1v) is 10.1. The molecule has 30 heavy (non-hydrogen) atoms. The van der Waals surface area contributed by atoms with Crippen molar-refractivity contribution in [3.63, 3.8) is 0 Å². The molecule has 1 amide bonds. The van der Waals surface area contributed by atoms with E-state index in [9.17, 15) is 14.0 Å². The monoisotopic (exact) mass is 447 g/mol. The highest BCUT2D eigenvalue weighted by atomic mass is 35.5. The maximum absolute atomic E-state index is 13.6. The van der Waals surface area contributed by atoms with E-state index in [0.717, 1.165) is 10.8 Å². The van der Waals surface area contributed by atoms with Crippen LogP contribution in [0.2, 0.25) is 0 Å². The van der Waals surface area contributed by atoms with Gasteiger partial charge in [-0.3, -0.25) is 9.36 Å². The van der Waals surface area contributed by atoms with Crippen molar-refractivity contribution in [3.05, 3.63) is 69.6 Å². The van der Waals surface area contributed by atoms with Gasteiger partial charge in [-0.1, -0.05) is 11.3 Å². The predicted molar refractivity (Wildman–Crippen MR) is 111 cm³/mol. The molecular formula is C18H15ClFN7O2S. The fraction of sp³-hybridized carbons (Fsp3) is 0.167. The summed E-state index contributed by atoms with van der Waals surface area (Å²) in [5.41, 5.74) is 6.27. The van der Waals surface area contributed by atoms with Crippen LogP contribution in [-0.4, -0.2) is 35.2 Å². The molecule has 3 heterocycles. The van der Waals surface area contributed by atoms with Crippen LogP contribution < -0.4 is 16.7 Å². The van der Waals surface area contributed by atoms with Crippen LogP contribution in [0, 0.1) is 5.82 Å². The second-order valence-electron chi connectivity index (χ2n) is 6.31. The average Bonchev–Trinajstić information content (AvgIpc) is 3.38. The van der Waals surface area contributed by atoms with Gasteiger partial charge in [0.15, 0.2) is 11.6 Å². The van der Waals surface area contributed by atoms with E-state index in [1.54, 1.807) is 30.5 Å². The molecule has 3 aromatic rings. The standard InChI is InChI=1S/C18H15ClFN7O2S/c19-15-6-5-14(30-15)17(28)22-7-10-8-27(25-24-10)12-3-1-11(2-4-12)26-9-13(20)16(21)23-18(26)29/h1-5,8-9,15H,6-7H2,(H,22,28)(H2,21,23,29). The van der Waals surface area contributed by atoms with Crippen molar-refractivity contribution in [2.75, 3.05) is 5.73 Å². The predicted octanol–water partition coefficient (Wildman–Crippen LogP) is 1.74. The highest BCUT2D eigenvalue weighted by molar-refractivity contribution is 8.05. The molecular weight excluding hydrogens is 433 g/mol. The third-order valence-corrected chi connectivity index (χ3v) is 5.74. The molecule has 1 atom stereocenters. The lowest BCUT2D eigenvalue weighted by atomic mass is 10.2. The summed E-state index contributed by atoms with van der Waals surface area (Å²) in [6, 6.07) is 6.61. The molecule has 154 valence electrons. The third-order valence-electron chi connectivity index (χ3n) is 4.24. The van der Waals surface area contributed by atoms with Gasteiger partial charge in [-0.05, 0) is 30.7 Å². The fourth-order valence-corrected chi connectivity index (χ4v) is 3.96. The van der Waals surface area contributed by atoms with Gasteiger partial charge < -0.3 is 11.1 Å². The van der Waals surface area contributed by atoms with Gasteiger partial charge >= 0.3 is 5.69 Å². The number of carbonyl (C=O) groups excluding carboxylic acids is 1. The first-order chi connectivity index (χ1) is 14.4. The number of anilines is 1. The minimum atomic E-state index is -0.782. The van der Waals surface area contributed by atoms with Crippen LogP contribution in [0.15, 0.2) is 52.4 Å². The summed E-state index contributed by atoms with van der Waals surface area (Å²) in [5.74, 6) is -1.42. The van der Waals surface area contributed by atoms with Crippen LogP contribution >= 0.6 is 23.4 Å². The number of allylic oxidation sites excluding steroid dienone is 1. The Morgan fingerprint density at radius 3 is 2.73 bits per heavy atom. The zero-order valence-corrected chi connectivity index (χ0v) is 16.9. The van der Waals surface area contributed by atoms with Gasteiger partial charge in [0.05, 0.1) is 39.9 Å². The topological polar surface area (TPSA) is 121 Å². The second kappa shape index (κ2) is 8.28. The van der Waals surface area contributed by atoms with Gasteiger partial charge in [0, 0.05) is 0 Å². The Bertz CT molecular complexity index is 1190. The van der Waals surface area contributed by atoms with Gasteiger partial charge in [0.2, 0.25) is 0 Å². The van der Waals surface area contributed by atoms with Gasteiger partial charge in [-0.25, -0.2) is 13.9 Å². The Labute approximate surface area is 178 Å². The summed E-state index contributed by atoms with van der Waals surface area (Å²) in [6.07, 6.45) is 5.13. The lowest BCUT2D eigenvalue weighted by Gasteiger charge is -2.07. The number of hydrogen-bond acceptors (Lipinski definition) is 7. The summed E-state index contributed by atoms with van der Waals surface area (Å²) in [4.78, 5) is 28.1. The third kappa shape index (κ3) is 4.21. The normalized spacial score (nSPS) is 15.8. The van der Waals surface area contributed by atoms with Crippen molar-refractivity contribution in [1.82, 2.24) is 29.9 Å². The van der Waals surface area contributed by atoms with E-state index in [1.165, 1.54) is 16.4 Å². The Kier molecular flexibility index (Phi) is 5.55. The van der Waals surface area contributed by atoms with E-state index in [1.807, 2.05) is 6.08 Å². The molecule has 9 nitrogen and oxygen atoms in total. The maximum atomic E-state index is 13.6. The molecule has 2 aromatic heterocycles. The number of thioether (sulfide) groups is 1. The Morgan fingerprint density at radius 2 is 2.03 bits per heavy atom. The molecule has 0 spiro atoms. The van der Waals surface area contributed by atoms with E-state index >= 15 is 0 Å². The van der Waals surface area contributed by atoms with Crippen LogP contribution in [0.5, 0.6) is 0 Å². The average molecular weight is 448 g/mol. The molecule has 3 N–H and O–H groups in total. The van der Waals surface area contributed by atoms with Crippen LogP contribution in [0.25, 0.3) is 11.4 Å². The molecule has 0 saturated heterocycles. The number of alkyl halides is 1. The molecule has 0 radical (unpaired) electrons. The first-order valence-electron chi connectivity index (χ1n) is 8.76. The lowest BCUT2D eigenvalue weighted by molar-refractivity contribution is -0.117. The number of nitrogen functional groups attached to an aromatic ring is 1. The zero-order valence-electron chi connectivity index (χ0n) is 15.3. The van der Waals surface area contributed by atoms with E-state index in [0.29, 0.717) is 28.4 Å². The number of hydrogen-bond donors (Lipinski definition) is 2. The summed E-state index contributed by atoms with van der Waals surface area (Å²) in [6.45, 7) is 0.216. The van der Waals surface area contributed by atoms with Crippen molar-refractivity contribution in [1.29, 1.82) is 0 Å². The molecule has 12 heteroatoms. The molecule has 0 fully saturated rings. The number of rotatable bonds is 5. The summed E-state index contributed by atoms with van der Waals surface area (Å²) in [5, 5.41) is 10.9. The van der Waals surface area contributed by atoms with Gasteiger partial charge in [0.25, 0.3) is 5.91 Å². The Balaban J connectivity index is 1.44. The van der Waals surface area contributed by atoms with Crippen LogP contribution in [0.1, 0.15) is 12.1 Å². The largest absolute Gasteiger partial charge is 0.381 e. The Hall–Kier alpha value is -3.18. The quantitative estimate of drug-likeness (QED) is 0.571. The number of nitrogens with two attached hydrogens (primary N) is 1. The maximum Gasteiger partial charge on any atom is 0.354 e. The number of nitrogens with one attached hydrogen (secondary N) is 1. The minimum absolute atomic E-state index is 0.106. The molecule has 1 aliphatic rings. The highest BCUT2D eigenvalue weighted by Gasteiger charge is 2.20. The smallest absolute Gasteiger partial charge is 0.354 e. The number of aromatic nitrogens is 5. The van der Waals surface area contributed by atoms with E-state index in [4.69, 9.17) is 17.3 Å². The van der Waals surface area contributed by atoms with Crippen molar-refractivity contribution in [2.24, 2.45) is 0 Å². The fourth-order valence-electron chi connectivity index (χ4n) is 2.74. The second-order valence-corrected chi connectivity index (χ2v) is 8.34. The van der Waals surface area contributed by atoms with Crippen molar-refractivity contribution in [3.8, 4) is 11.4 Å². The van der Waals surface area contributed by atoms with Gasteiger partial charge in [0.1, 0.15) is 5.69 Å². The summed E-state index contributed by atoms with van der Waals surface area (Å²) < 4.78 is 16.1. The van der Waals surface area contributed by atoms with Crippen LogP contribution in [0.3, 0.4) is 0 Å². The molecule has 4 rings (SSSR count). The lowest BCUT2D eigenvalue weighted by Crippen LogP contribution is -2.23. The highest BCUT2D eigenvalue weighted by Crippen LogP contribution is 2.34. The zero-order chi connectivity index (χ0) is 21.3. The van der Waals surface area contributed by atoms with Gasteiger partial charge in [-0.15, -0.1) is 28.5 Å². The van der Waals surface area contributed by atoms with Crippen molar-refractivity contribution < 1.29 is 9.18 Å². The van der Waals surface area contributed by atoms with Crippen LogP contribution in [0.4, 0.5) is 10.2 Å². The van der Waals surface area contributed by atoms with E-state index < -0.39 is 17.3 Å². The van der Waals surface area contributed by atoms with Crippen molar-refractivity contribution >= 4 is 35.1 Å². The number of nitrogens with zero attached hydrogens (tertiary/aromatic N) is 5. The molecule has 1 aliphatic heterocycles. The molecule has 0 bridgehead atoms. The van der Waals surface area contributed by atoms with E-state index in [2.05, 4.69) is 20.6 Å². The Morgan fingerprint density at radius 1 is 1.30 bits per heavy atom. The molecule has 1 aromatic carbocycles. The minimum Gasteiger partial charge on any atom is -0.381 e. The molecule has 1 unspecified atom stereocenters. The molecule has 0 aliphatic carbocycles. The summed E-state index contributed by atoms with van der Waals surface area (Å²) >= 11 is 7.30. The number of benzene rings is 1. The first kappa shape index (κ1) is 20.1.